The highest BCUT2D eigenvalue weighted by Crippen LogP contribution is 2.32. The second-order valence-corrected chi connectivity index (χ2v) is 9.50. The summed E-state index contributed by atoms with van der Waals surface area (Å²) >= 11 is 18.2. The van der Waals surface area contributed by atoms with E-state index in [2.05, 4.69) is 5.43 Å². The Balaban J connectivity index is 1.39. The first-order valence-electron chi connectivity index (χ1n) is 9.71. The van der Waals surface area contributed by atoms with Crippen LogP contribution in [0.15, 0.2) is 77.7 Å². The topological polar surface area (TPSA) is 58.6 Å². The number of carbonyl (C=O) groups is 2. The number of thioether (sulfide) groups is 1. The highest BCUT2D eigenvalue weighted by atomic mass is 35.5. The number of hydrogen-bond acceptors (Lipinski definition) is 5. The third-order valence-corrected chi connectivity index (χ3v) is 6.38. The van der Waals surface area contributed by atoms with Gasteiger partial charge in [-0.3, -0.25) is 15.0 Å². The van der Waals surface area contributed by atoms with Crippen LogP contribution in [-0.2, 0) is 11.4 Å². The van der Waals surface area contributed by atoms with Crippen molar-refractivity contribution in [2.45, 2.75) is 6.61 Å². The molecule has 0 saturated carbocycles. The number of hydrogen-bond donors (Lipinski definition) is 1. The summed E-state index contributed by atoms with van der Waals surface area (Å²) in [5.74, 6) is -0.177. The molecule has 0 aromatic heterocycles. The van der Waals surface area contributed by atoms with Gasteiger partial charge in [0.1, 0.15) is 12.4 Å². The van der Waals surface area contributed by atoms with E-state index in [9.17, 15) is 9.59 Å². The van der Waals surface area contributed by atoms with E-state index < -0.39 is 11.8 Å². The molecular formula is C24H16Cl2N2O3S2. The highest BCUT2D eigenvalue weighted by molar-refractivity contribution is 8.26. The fourth-order valence-corrected chi connectivity index (χ4v) is 4.41. The normalized spacial score (nSPS) is 14.6. The molecule has 1 N–H and O–H groups in total. The Morgan fingerprint density at radius 2 is 1.76 bits per heavy atom. The summed E-state index contributed by atoms with van der Waals surface area (Å²) in [5, 5.41) is 2.17. The van der Waals surface area contributed by atoms with Crippen molar-refractivity contribution >= 4 is 69.4 Å². The summed E-state index contributed by atoms with van der Waals surface area (Å²) in [6.45, 7) is 0.418. The van der Waals surface area contributed by atoms with Crippen molar-refractivity contribution in [1.82, 2.24) is 10.4 Å². The number of ether oxygens (including phenoxy) is 1. The van der Waals surface area contributed by atoms with Gasteiger partial charge in [0.25, 0.3) is 11.8 Å². The van der Waals surface area contributed by atoms with E-state index >= 15 is 0 Å². The summed E-state index contributed by atoms with van der Waals surface area (Å²) in [6, 6.07) is 21.2. The molecule has 1 aliphatic rings. The second kappa shape index (κ2) is 10.4. The van der Waals surface area contributed by atoms with Crippen molar-refractivity contribution in [2.75, 3.05) is 0 Å². The minimum Gasteiger partial charge on any atom is -0.489 e. The summed E-state index contributed by atoms with van der Waals surface area (Å²) in [5.41, 5.74) is 4.67. The zero-order valence-electron chi connectivity index (χ0n) is 17.0. The lowest BCUT2D eigenvalue weighted by Gasteiger charge is -2.15. The van der Waals surface area contributed by atoms with Crippen LogP contribution in [0.5, 0.6) is 5.75 Å². The SMILES string of the molecule is O=C(NN1C(=O)/C(=C/c2ccc(OCc3ccc(Cl)cc3)cc2)SC1=S)c1cccc(Cl)c1. The van der Waals surface area contributed by atoms with Crippen molar-refractivity contribution in [3.8, 4) is 5.75 Å². The molecule has 3 aromatic carbocycles. The van der Waals surface area contributed by atoms with Crippen molar-refractivity contribution in [3.05, 3.63) is 104 Å². The molecule has 1 heterocycles. The number of hydrazine groups is 1. The molecule has 0 spiro atoms. The van der Waals surface area contributed by atoms with Gasteiger partial charge >= 0.3 is 0 Å². The molecule has 0 bridgehead atoms. The van der Waals surface area contributed by atoms with Gasteiger partial charge in [0, 0.05) is 15.6 Å². The lowest BCUT2D eigenvalue weighted by molar-refractivity contribution is -0.123. The number of halogens is 2. The number of nitrogens with zero attached hydrogens (tertiary/aromatic N) is 1. The van der Waals surface area contributed by atoms with E-state index in [4.69, 9.17) is 40.2 Å². The average molecular weight is 515 g/mol. The fourth-order valence-electron chi connectivity index (χ4n) is 2.92. The second-order valence-electron chi connectivity index (χ2n) is 6.95. The Kier molecular flexibility index (Phi) is 7.35. The van der Waals surface area contributed by atoms with Crippen LogP contribution in [0.3, 0.4) is 0 Å². The number of rotatable bonds is 6. The van der Waals surface area contributed by atoms with E-state index in [1.807, 2.05) is 48.5 Å². The molecule has 33 heavy (non-hydrogen) atoms. The molecule has 5 nitrogen and oxygen atoms in total. The third-order valence-electron chi connectivity index (χ3n) is 4.59. The lowest BCUT2D eigenvalue weighted by atomic mass is 10.2. The minimum atomic E-state index is -0.475. The van der Waals surface area contributed by atoms with E-state index in [1.54, 1.807) is 24.3 Å². The number of benzene rings is 3. The van der Waals surface area contributed by atoms with E-state index in [0.29, 0.717) is 32.9 Å². The highest BCUT2D eigenvalue weighted by Gasteiger charge is 2.33. The molecule has 0 aliphatic carbocycles. The van der Waals surface area contributed by atoms with Gasteiger partial charge in [-0.25, -0.2) is 0 Å². The number of nitrogens with one attached hydrogen (secondary N) is 1. The van der Waals surface area contributed by atoms with Gasteiger partial charge in [0.15, 0.2) is 4.32 Å². The van der Waals surface area contributed by atoms with Gasteiger partial charge in [-0.1, -0.05) is 65.3 Å². The first-order chi connectivity index (χ1) is 15.9. The molecule has 0 radical (unpaired) electrons. The van der Waals surface area contributed by atoms with Gasteiger partial charge in [0.05, 0.1) is 4.91 Å². The molecule has 4 rings (SSSR count). The maximum atomic E-state index is 12.8. The number of carbonyl (C=O) groups excluding carboxylic acids is 2. The Labute approximate surface area is 210 Å². The van der Waals surface area contributed by atoms with Crippen LogP contribution in [0, 0.1) is 0 Å². The molecule has 9 heteroatoms. The standard InChI is InChI=1S/C24H16Cl2N2O3S2/c25-18-8-4-16(5-9-18)14-31-20-10-6-15(7-11-20)12-21-23(30)28(24(32)33-21)27-22(29)17-2-1-3-19(26)13-17/h1-13H,14H2,(H,27,29)/b21-12-. The largest absolute Gasteiger partial charge is 0.489 e. The van der Waals surface area contributed by atoms with E-state index in [1.165, 1.54) is 6.07 Å². The zero-order chi connectivity index (χ0) is 23.4. The molecule has 0 atom stereocenters. The lowest BCUT2D eigenvalue weighted by Crippen LogP contribution is -2.44. The summed E-state index contributed by atoms with van der Waals surface area (Å²) in [4.78, 5) is 25.6. The predicted molar refractivity (Wildman–Crippen MR) is 136 cm³/mol. The van der Waals surface area contributed by atoms with Crippen molar-refractivity contribution in [1.29, 1.82) is 0 Å². The van der Waals surface area contributed by atoms with Crippen LogP contribution in [0.25, 0.3) is 6.08 Å². The van der Waals surface area contributed by atoms with Crippen LogP contribution >= 0.6 is 47.2 Å². The zero-order valence-corrected chi connectivity index (χ0v) is 20.1. The Morgan fingerprint density at radius 3 is 2.45 bits per heavy atom. The van der Waals surface area contributed by atoms with Gasteiger partial charge in [0.2, 0.25) is 0 Å². The maximum absolute atomic E-state index is 12.8. The van der Waals surface area contributed by atoms with Gasteiger partial charge in [-0.2, -0.15) is 5.01 Å². The van der Waals surface area contributed by atoms with Crippen molar-refractivity contribution in [3.63, 3.8) is 0 Å². The van der Waals surface area contributed by atoms with E-state index in [0.717, 1.165) is 27.9 Å². The van der Waals surface area contributed by atoms with Crippen LogP contribution in [0.4, 0.5) is 0 Å². The Hall–Kier alpha value is -2.84. The van der Waals surface area contributed by atoms with Crippen LogP contribution in [0.2, 0.25) is 10.0 Å². The molecule has 1 saturated heterocycles. The predicted octanol–water partition coefficient (Wildman–Crippen LogP) is 6.12. The minimum absolute atomic E-state index is 0.240. The number of amides is 2. The monoisotopic (exact) mass is 514 g/mol. The quantitative estimate of drug-likeness (QED) is 0.317. The third kappa shape index (κ3) is 5.94. The summed E-state index contributed by atoms with van der Waals surface area (Å²) < 4.78 is 6.02. The van der Waals surface area contributed by atoms with Gasteiger partial charge < -0.3 is 4.74 Å². The Morgan fingerprint density at radius 1 is 1.03 bits per heavy atom. The van der Waals surface area contributed by atoms with Crippen LogP contribution < -0.4 is 10.2 Å². The van der Waals surface area contributed by atoms with Gasteiger partial charge in [-0.05, 0) is 71.9 Å². The van der Waals surface area contributed by atoms with Gasteiger partial charge in [-0.15, -0.1) is 0 Å². The molecular weight excluding hydrogens is 499 g/mol. The smallest absolute Gasteiger partial charge is 0.285 e. The molecule has 2 amide bonds. The first-order valence-corrected chi connectivity index (χ1v) is 11.7. The molecule has 166 valence electrons. The average Bonchev–Trinajstić information content (AvgIpc) is 3.07. The molecule has 0 unspecified atom stereocenters. The number of thiocarbonyl (C=S) groups is 1. The fraction of sp³-hybridized carbons (Fsp3) is 0.0417. The maximum Gasteiger partial charge on any atom is 0.285 e. The molecule has 1 aliphatic heterocycles. The summed E-state index contributed by atoms with van der Waals surface area (Å²) in [7, 11) is 0. The molecule has 3 aromatic rings. The van der Waals surface area contributed by atoms with Crippen molar-refractivity contribution in [2.24, 2.45) is 0 Å². The van der Waals surface area contributed by atoms with E-state index in [-0.39, 0.29) is 4.32 Å². The summed E-state index contributed by atoms with van der Waals surface area (Å²) in [6.07, 6.45) is 1.72. The van der Waals surface area contributed by atoms with Crippen molar-refractivity contribution < 1.29 is 14.3 Å². The molecule has 1 fully saturated rings. The first kappa shape index (κ1) is 23.3. The van der Waals surface area contributed by atoms with Crippen LogP contribution in [-0.4, -0.2) is 21.1 Å². The Bertz CT molecular complexity index is 1250. The van der Waals surface area contributed by atoms with Crippen LogP contribution in [0.1, 0.15) is 21.5 Å².